The molecule has 0 unspecified atom stereocenters. The Hall–Kier alpha value is -2.75. The number of carbonyl (C=O) groups excluding carboxylic acids is 2. The number of H-pyrrole nitrogens is 1. The van der Waals surface area contributed by atoms with Crippen LogP contribution in [0.2, 0.25) is 4.34 Å². The number of rotatable bonds is 5. The summed E-state index contributed by atoms with van der Waals surface area (Å²) < 4.78 is 5.93. The smallest absolute Gasteiger partial charge is 0.261 e. The summed E-state index contributed by atoms with van der Waals surface area (Å²) in [7, 11) is 0. The molecule has 1 aliphatic rings. The van der Waals surface area contributed by atoms with Gasteiger partial charge in [0.25, 0.3) is 5.91 Å². The summed E-state index contributed by atoms with van der Waals surface area (Å²) >= 11 is 7.09. The average molecular weight is 432 g/mol. The number of nitrogens with zero attached hydrogens (tertiary/aromatic N) is 3. The van der Waals surface area contributed by atoms with Gasteiger partial charge in [-0.2, -0.15) is 0 Å². The number of aromatic amines is 1. The lowest BCUT2D eigenvalue weighted by molar-refractivity contribution is -0.118. The van der Waals surface area contributed by atoms with Crippen LogP contribution < -0.4 is 10.2 Å². The Morgan fingerprint density at radius 2 is 2.07 bits per heavy atom. The van der Waals surface area contributed by atoms with Crippen molar-refractivity contribution in [2.24, 2.45) is 0 Å². The summed E-state index contributed by atoms with van der Waals surface area (Å²) in [6, 6.07) is 10.9. The summed E-state index contributed by atoms with van der Waals surface area (Å²) in [5.74, 6) is -0.163. The van der Waals surface area contributed by atoms with Crippen molar-refractivity contribution in [2.75, 3.05) is 24.7 Å². The van der Waals surface area contributed by atoms with Gasteiger partial charge in [-0.25, -0.2) is 0 Å². The van der Waals surface area contributed by atoms with Crippen molar-refractivity contribution in [3.8, 4) is 11.3 Å². The largest absolute Gasteiger partial charge is 0.379 e. The zero-order valence-electron chi connectivity index (χ0n) is 15.4. The molecule has 0 spiro atoms. The predicted molar refractivity (Wildman–Crippen MR) is 110 cm³/mol. The number of amides is 2. The van der Waals surface area contributed by atoms with E-state index in [1.54, 1.807) is 17.0 Å². The Morgan fingerprint density at radius 3 is 2.83 bits per heavy atom. The van der Waals surface area contributed by atoms with Gasteiger partial charge in [-0.05, 0) is 24.3 Å². The highest BCUT2D eigenvalue weighted by Gasteiger charge is 2.19. The molecule has 2 amide bonds. The first-order valence-corrected chi connectivity index (χ1v) is 10.2. The molecule has 1 fully saturated rings. The van der Waals surface area contributed by atoms with Crippen molar-refractivity contribution >= 4 is 40.4 Å². The molecular weight excluding hydrogens is 414 g/mol. The van der Waals surface area contributed by atoms with Gasteiger partial charge in [0, 0.05) is 17.8 Å². The minimum absolute atomic E-state index is 0.0514. The van der Waals surface area contributed by atoms with Crippen molar-refractivity contribution in [2.45, 2.75) is 13.0 Å². The zero-order valence-corrected chi connectivity index (χ0v) is 16.9. The van der Waals surface area contributed by atoms with E-state index in [0.29, 0.717) is 46.8 Å². The maximum atomic E-state index is 12.2. The first-order valence-electron chi connectivity index (χ1n) is 9.04. The summed E-state index contributed by atoms with van der Waals surface area (Å²) in [6.45, 7) is 1.74. The fourth-order valence-electron chi connectivity index (χ4n) is 3.05. The fourth-order valence-corrected chi connectivity index (χ4v) is 4.01. The van der Waals surface area contributed by atoms with E-state index in [0.717, 1.165) is 11.3 Å². The minimum Gasteiger partial charge on any atom is -0.379 e. The van der Waals surface area contributed by atoms with E-state index in [9.17, 15) is 9.59 Å². The van der Waals surface area contributed by atoms with Gasteiger partial charge in [-0.15, -0.1) is 16.4 Å². The second-order valence-electron chi connectivity index (χ2n) is 6.37. The minimum atomic E-state index is -0.215. The lowest BCUT2D eigenvalue weighted by atomic mass is 10.1. The molecule has 0 aliphatic carbocycles. The number of ether oxygens (including phenoxy) is 1. The number of aromatic nitrogens is 3. The first kappa shape index (κ1) is 19.6. The Labute approximate surface area is 175 Å². The third-order valence-electron chi connectivity index (χ3n) is 4.52. The van der Waals surface area contributed by atoms with Gasteiger partial charge in [0.2, 0.25) is 5.91 Å². The number of anilines is 1. The number of benzene rings is 1. The van der Waals surface area contributed by atoms with Crippen molar-refractivity contribution in [3.63, 3.8) is 0 Å². The number of halogens is 1. The maximum Gasteiger partial charge on any atom is 0.261 e. The summed E-state index contributed by atoms with van der Waals surface area (Å²) in [4.78, 5) is 26.7. The normalized spacial score (nSPS) is 14.7. The lowest BCUT2D eigenvalue weighted by Crippen LogP contribution is -2.31. The van der Waals surface area contributed by atoms with Crippen molar-refractivity contribution in [1.29, 1.82) is 0 Å². The molecule has 0 saturated carbocycles. The monoisotopic (exact) mass is 431 g/mol. The Kier molecular flexibility index (Phi) is 5.89. The predicted octanol–water partition coefficient (Wildman–Crippen LogP) is 2.87. The summed E-state index contributed by atoms with van der Waals surface area (Å²) in [5.41, 5.74) is 3.02. The molecular formula is C19H18ClN5O3S. The van der Waals surface area contributed by atoms with Crippen LogP contribution in [0.15, 0.2) is 36.4 Å². The van der Waals surface area contributed by atoms with Crippen LogP contribution in [0.5, 0.6) is 0 Å². The maximum absolute atomic E-state index is 12.2. The number of nitrogens with one attached hydrogen (secondary N) is 2. The molecule has 150 valence electrons. The van der Waals surface area contributed by atoms with Crippen molar-refractivity contribution < 1.29 is 14.3 Å². The zero-order chi connectivity index (χ0) is 20.2. The van der Waals surface area contributed by atoms with Crippen LogP contribution in [0, 0.1) is 0 Å². The van der Waals surface area contributed by atoms with Gasteiger partial charge in [-0.1, -0.05) is 28.9 Å². The highest BCUT2D eigenvalue weighted by Crippen LogP contribution is 2.25. The van der Waals surface area contributed by atoms with Crippen LogP contribution in [-0.2, 0) is 16.1 Å². The molecule has 1 saturated heterocycles. The molecule has 3 heterocycles. The van der Waals surface area contributed by atoms with E-state index in [1.807, 2.05) is 24.3 Å². The first-order chi connectivity index (χ1) is 14.1. The van der Waals surface area contributed by atoms with E-state index in [4.69, 9.17) is 16.3 Å². The van der Waals surface area contributed by atoms with Gasteiger partial charge in [0.05, 0.1) is 41.1 Å². The molecule has 3 aromatic rings. The molecule has 0 atom stereocenters. The molecule has 1 aliphatic heterocycles. The second-order valence-corrected chi connectivity index (χ2v) is 8.09. The van der Waals surface area contributed by atoms with Gasteiger partial charge < -0.3 is 15.0 Å². The number of carbonyl (C=O) groups is 2. The highest BCUT2D eigenvalue weighted by molar-refractivity contribution is 7.17. The Bertz CT molecular complexity index is 1020. The van der Waals surface area contributed by atoms with Gasteiger partial charge in [0.1, 0.15) is 5.69 Å². The number of hydrogen-bond donors (Lipinski definition) is 2. The number of thiophene rings is 1. The molecule has 1 aromatic carbocycles. The summed E-state index contributed by atoms with van der Waals surface area (Å²) in [6.07, 6.45) is 0.380. The van der Waals surface area contributed by atoms with E-state index >= 15 is 0 Å². The van der Waals surface area contributed by atoms with Gasteiger partial charge in [0.15, 0.2) is 0 Å². The molecule has 0 bridgehead atoms. The second kappa shape index (κ2) is 8.73. The lowest BCUT2D eigenvalue weighted by Gasteiger charge is -2.20. The third-order valence-corrected chi connectivity index (χ3v) is 5.75. The van der Waals surface area contributed by atoms with Crippen LogP contribution in [0.4, 0.5) is 5.69 Å². The standard InChI is InChI=1S/C19H18ClN5O3S/c20-16-6-5-15(29-16)19(27)21-11-14-18(23-24-22-14)12-1-3-13(4-2-12)25-8-10-28-9-7-17(25)26/h1-6H,7-11H2,(H,21,27)(H,22,23,24). The molecule has 2 N–H and O–H groups in total. The van der Waals surface area contributed by atoms with Crippen molar-refractivity contribution in [3.05, 3.63) is 51.3 Å². The van der Waals surface area contributed by atoms with E-state index in [1.165, 1.54) is 11.3 Å². The average Bonchev–Trinajstić information content (AvgIpc) is 3.32. The molecule has 10 heteroatoms. The van der Waals surface area contributed by atoms with E-state index < -0.39 is 0 Å². The number of hydrogen-bond acceptors (Lipinski definition) is 6. The van der Waals surface area contributed by atoms with E-state index in [2.05, 4.69) is 20.7 Å². The topological polar surface area (TPSA) is 100 Å². The fraction of sp³-hybridized carbons (Fsp3) is 0.263. The Morgan fingerprint density at radius 1 is 1.24 bits per heavy atom. The van der Waals surface area contributed by atoms with E-state index in [-0.39, 0.29) is 18.4 Å². The Balaban J connectivity index is 1.46. The van der Waals surface area contributed by atoms with Crippen LogP contribution in [0.25, 0.3) is 11.3 Å². The molecule has 0 radical (unpaired) electrons. The molecule has 2 aromatic heterocycles. The SMILES string of the molecule is O=C(NCc1nn[nH]c1-c1ccc(N2CCOCCC2=O)cc1)c1ccc(Cl)s1. The summed E-state index contributed by atoms with van der Waals surface area (Å²) in [5, 5.41) is 13.6. The van der Waals surface area contributed by atoms with Gasteiger partial charge in [-0.3, -0.25) is 14.7 Å². The molecule has 8 nitrogen and oxygen atoms in total. The van der Waals surface area contributed by atoms with Crippen molar-refractivity contribution in [1.82, 2.24) is 20.7 Å². The third kappa shape index (κ3) is 4.47. The van der Waals surface area contributed by atoms with Crippen LogP contribution in [-0.4, -0.2) is 47.0 Å². The van der Waals surface area contributed by atoms with Crippen LogP contribution in [0.3, 0.4) is 0 Å². The molecule has 4 rings (SSSR count). The van der Waals surface area contributed by atoms with Crippen LogP contribution >= 0.6 is 22.9 Å². The molecule has 29 heavy (non-hydrogen) atoms. The van der Waals surface area contributed by atoms with Crippen LogP contribution in [0.1, 0.15) is 21.8 Å². The quantitative estimate of drug-likeness (QED) is 0.647. The van der Waals surface area contributed by atoms with Gasteiger partial charge >= 0.3 is 0 Å². The highest BCUT2D eigenvalue weighted by atomic mass is 35.5.